The van der Waals surface area contributed by atoms with Gasteiger partial charge in [0, 0.05) is 14.9 Å². The third kappa shape index (κ3) is 4.01. The topological polar surface area (TPSA) is 71.6 Å². The van der Waals surface area contributed by atoms with E-state index in [1.54, 1.807) is 0 Å². The first-order chi connectivity index (χ1) is 11.8. The summed E-state index contributed by atoms with van der Waals surface area (Å²) in [7, 11) is 0. The molecule has 0 spiro atoms. The average Bonchev–Trinajstić information content (AvgIpc) is 2.64. The van der Waals surface area contributed by atoms with E-state index in [0.717, 1.165) is 37.1 Å². The van der Waals surface area contributed by atoms with E-state index in [1.165, 1.54) is 38.5 Å². The molecular formula is C20H30N4. The molecule has 2 aliphatic rings. The highest BCUT2D eigenvalue weighted by Gasteiger charge is 2.19. The van der Waals surface area contributed by atoms with Crippen molar-refractivity contribution >= 4 is 11.4 Å². The van der Waals surface area contributed by atoms with Crippen molar-refractivity contribution in [2.24, 2.45) is 0 Å². The summed E-state index contributed by atoms with van der Waals surface area (Å²) in [6, 6.07) is 9.17. The highest BCUT2D eigenvalue weighted by Crippen LogP contribution is 2.30. The van der Waals surface area contributed by atoms with Gasteiger partial charge in [-0.3, -0.25) is 0 Å². The van der Waals surface area contributed by atoms with E-state index in [4.69, 9.17) is 0 Å². The number of rotatable bonds is 4. The molecule has 2 fully saturated rings. The van der Waals surface area contributed by atoms with E-state index in [2.05, 4.69) is 22.8 Å². The minimum absolute atomic E-state index is 0. The van der Waals surface area contributed by atoms with Gasteiger partial charge in [0.15, 0.2) is 0 Å². The van der Waals surface area contributed by atoms with Crippen molar-refractivity contribution in [1.29, 1.82) is 10.5 Å². The molecule has 0 unspecified atom stereocenters. The molecule has 130 valence electrons. The highest BCUT2D eigenvalue weighted by molar-refractivity contribution is 5.71. The summed E-state index contributed by atoms with van der Waals surface area (Å²) in [5.41, 5.74) is 2.90. The van der Waals surface area contributed by atoms with E-state index in [-0.39, 0.29) is 2.85 Å². The Morgan fingerprint density at radius 2 is 1.08 bits per heavy atom. The van der Waals surface area contributed by atoms with Gasteiger partial charge in [0.1, 0.15) is 12.1 Å². The zero-order valence-electron chi connectivity index (χ0n) is 14.3. The Labute approximate surface area is 147 Å². The Bertz CT molecular complexity index is 593. The lowest BCUT2D eigenvalue weighted by molar-refractivity contribution is 0.462. The van der Waals surface area contributed by atoms with Gasteiger partial charge in [0.05, 0.1) is 22.5 Å². The van der Waals surface area contributed by atoms with E-state index in [0.29, 0.717) is 23.2 Å². The Kier molecular flexibility index (Phi) is 5.59. The van der Waals surface area contributed by atoms with Crippen molar-refractivity contribution in [2.75, 3.05) is 10.6 Å². The minimum Gasteiger partial charge on any atom is -0.381 e. The number of hydrogen-bond donors (Lipinski definition) is 2. The Balaban J connectivity index is 0.00000169. The average molecular weight is 326 g/mol. The summed E-state index contributed by atoms with van der Waals surface area (Å²) >= 11 is 0. The molecule has 0 heterocycles. The maximum absolute atomic E-state index is 9.54. The van der Waals surface area contributed by atoms with E-state index >= 15 is 0 Å². The largest absolute Gasteiger partial charge is 0.381 e. The van der Waals surface area contributed by atoms with Crippen LogP contribution in [0.1, 0.15) is 78.2 Å². The Hall–Kier alpha value is -2.20. The molecular weight excluding hydrogens is 296 g/mol. The monoisotopic (exact) mass is 326 g/mol. The molecule has 0 radical (unpaired) electrons. The fraction of sp³-hybridized carbons (Fsp3) is 0.600. The lowest BCUT2D eigenvalue weighted by Gasteiger charge is -2.26. The molecule has 24 heavy (non-hydrogen) atoms. The first kappa shape index (κ1) is 16.7. The van der Waals surface area contributed by atoms with Crippen LogP contribution >= 0.6 is 0 Å². The zero-order chi connectivity index (χ0) is 16.8. The molecule has 0 amide bonds. The molecule has 1 aromatic rings. The summed E-state index contributed by atoms with van der Waals surface area (Å²) in [6.07, 6.45) is 12.2. The second kappa shape index (κ2) is 8.06. The molecule has 0 bridgehead atoms. The number of benzene rings is 1. The zero-order valence-corrected chi connectivity index (χ0v) is 14.3. The van der Waals surface area contributed by atoms with Crippen molar-refractivity contribution in [1.82, 2.24) is 0 Å². The van der Waals surface area contributed by atoms with Crippen LogP contribution in [-0.4, -0.2) is 12.1 Å². The molecule has 0 saturated heterocycles. The second-order valence-corrected chi connectivity index (χ2v) is 7.13. The van der Waals surface area contributed by atoms with E-state index in [9.17, 15) is 10.5 Å². The second-order valence-electron chi connectivity index (χ2n) is 7.13. The van der Waals surface area contributed by atoms with Crippen LogP contribution in [0.2, 0.25) is 0 Å². The van der Waals surface area contributed by atoms with Crippen LogP contribution in [0.15, 0.2) is 12.1 Å². The van der Waals surface area contributed by atoms with E-state index in [1.807, 2.05) is 12.1 Å². The molecule has 2 saturated carbocycles. The first-order valence-electron chi connectivity index (χ1n) is 9.31. The summed E-state index contributed by atoms with van der Waals surface area (Å²) in [4.78, 5) is 0. The van der Waals surface area contributed by atoms with Gasteiger partial charge in [-0.2, -0.15) is 10.5 Å². The van der Waals surface area contributed by atoms with Crippen molar-refractivity contribution < 1.29 is 2.85 Å². The fourth-order valence-corrected chi connectivity index (χ4v) is 3.96. The van der Waals surface area contributed by atoms with Gasteiger partial charge in [0.25, 0.3) is 0 Å². The molecule has 1 aromatic carbocycles. The van der Waals surface area contributed by atoms with Crippen LogP contribution in [-0.2, 0) is 0 Å². The molecule has 0 atom stereocenters. The third-order valence-corrected chi connectivity index (χ3v) is 5.33. The summed E-state index contributed by atoms with van der Waals surface area (Å²) in [5.74, 6) is 0. The van der Waals surface area contributed by atoms with Crippen LogP contribution in [0.5, 0.6) is 0 Å². The first-order valence-corrected chi connectivity index (χ1v) is 9.31. The highest BCUT2D eigenvalue weighted by atomic mass is 14.9. The molecule has 3 rings (SSSR count). The predicted octanol–water partition coefficient (Wildman–Crippen LogP) is 5.41. The number of anilines is 2. The van der Waals surface area contributed by atoms with Crippen molar-refractivity contribution in [3.63, 3.8) is 0 Å². The van der Waals surface area contributed by atoms with Gasteiger partial charge in [0.2, 0.25) is 0 Å². The van der Waals surface area contributed by atoms with Gasteiger partial charge in [-0.15, -0.1) is 0 Å². The van der Waals surface area contributed by atoms with E-state index < -0.39 is 0 Å². The van der Waals surface area contributed by atoms with Crippen LogP contribution in [0.3, 0.4) is 0 Å². The van der Waals surface area contributed by atoms with Crippen molar-refractivity contribution in [3.8, 4) is 12.1 Å². The molecule has 2 aliphatic carbocycles. The van der Waals surface area contributed by atoms with Crippen LogP contribution < -0.4 is 10.6 Å². The molecule has 4 heteroatoms. The lowest BCUT2D eigenvalue weighted by atomic mass is 9.94. The normalized spacial score (nSPS) is 19.2. The lowest BCUT2D eigenvalue weighted by Crippen LogP contribution is -2.24. The smallest absolute Gasteiger partial charge is 0.101 e. The number of nitrogens with one attached hydrogen (secondary N) is 2. The third-order valence-electron chi connectivity index (χ3n) is 5.33. The minimum atomic E-state index is 0. The van der Waals surface area contributed by atoms with Gasteiger partial charge in [-0.05, 0) is 37.8 Å². The standard InChI is InChI=1S/C20H26N4.2H2/c21-13-15-12-20(24-18-9-5-2-6-10-18)16(14-22)11-19(15)23-17-7-3-1-4-8-17;;/h11-12,17-18,23-24H,1-10H2;2*1H. The fourth-order valence-electron chi connectivity index (χ4n) is 3.96. The maximum Gasteiger partial charge on any atom is 0.101 e. The number of nitriles is 2. The molecule has 2 N–H and O–H groups in total. The molecule has 4 nitrogen and oxygen atoms in total. The number of hydrogen-bond acceptors (Lipinski definition) is 4. The van der Waals surface area contributed by atoms with Gasteiger partial charge < -0.3 is 10.6 Å². The van der Waals surface area contributed by atoms with Crippen molar-refractivity contribution in [2.45, 2.75) is 76.3 Å². The molecule has 0 aromatic heterocycles. The van der Waals surface area contributed by atoms with Crippen LogP contribution in [0.25, 0.3) is 0 Å². The van der Waals surface area contributed by atoms with Crippen molar-refractivity contribution in [3.05, 3.63) is 23.3 Å². The summed E-state index contributed by atoms with van der Waals surface area (Å²) in [6.45, 7) is 0. The quantitative estimate of drug-likeness (QED) is 0.776. The summed E-state index contributed by atoms with van der Waals surface area (Å²) < 4.78 is 0. The maximum atomic E-state index is 9.54. The Morgan fingerprint density at radius 1 is 0.708 bits per heavy atom. The van der Waals surface area contributed by atoms with Crippen LogP contribution in [0, 0.1) is 22.7 Å². The predicted molar refractivity (Wildman–Crippen MR) is 101 cm³/mol. The number of nitrogens with zero attached hydrogens (tertiary/aromatic N) is 2. The Morgan fingerprint density at radius 3 is 1.42 bits per heavy atom. The van der Waals surface area contributed by atoms with Crippen LogP contribution in [0.4, 0.5) is 11.4 Å². The molecule has 0 aliphatic heterocycles. The van der Waals surface area contributed by atoms with Gasteiger partial charge in [-0.25, -0.2) is 0 Å². The van der Waals surface area contributed by atoms with Gasteiger partial charge >= 0.3 is 0 Å². The SMILES string of the molecule is N#Cc1cc(NC2CCCCC2)c(C#N)cc1NC1CCCCC1.[HH].[HH]. The van der Waals surface area contributed by atoms with Gasteiger partial charge in [-0.1, -0.05) is 38.5 Å². The summed E-state index contributed by atoms with van der Waals surface area (Å²) in [5, 5.41) is 26.1.